The van der Waals surface area contributed by atoms with Crippen molar-refractivity contribution in [1.82, 2.24) is 0 Å². The largest absolute Gasteiger partial charge is 0.447 e. The number of aryl methyl sites for hydroxylation is 2. The second kappa shape index (κ2) is 16.0. The molecule has 216 valence electrons. The highest BCUT2D eigenvalue weighted by Gasteiger charge is 2.27. The summed E-state index contributed by atoms with van der Waals surface area (Å²) in [5.74, 6) is -0.280. The van der Waals surface area contributed by atoms with Gasteiger partial charge in [-0.05, 0) is 66.6 Å². The van der Waals surface area contributed by atoms with E-state index in [2.05, 4.69) is 74.1 Å². The lowest BCUT2D eigenvalue weighted by Crippen LogP contribution is -2.26. The van der Waals surface area contributed by atoms with Crippen molar-refractivity contribution in [3.8, 4) is 11.1 Å². The number of fused-ring (bicyclic) bond motifs is 1. The molecule has 0 aliphatic heterocycles. The molecule has 40 heavy (non-hydrogen) atoms. The number of rotatable bonds is 15. The van der Waals surface area contributed by atoms with Gasteiger partial charge in [0.15, 0.2) is 0 Å². The van der Waals surface area contributed by atoms with Crippen LogP contribution in [0.1, 0.15) is 119 Å². The van der Waals surface area contributed by atoms with E-state index in [0.29, 0.717) is 17.9 Å². The van der Waals surface area contributed by atoms with Gasteiger partial charge in [-0.15, -0.1) is 0 Å². The number of hydrogen-bond acceptors (Lipinski definition) is 3. The van der Waals surface area contributed by atoms with E-state index in [4.69, 9.17) is 4.74 Å². The van der Waals surface area contributed by atoms with Gasteiger partial charge in [0.1, 0.15) is 0 Å². The fourth-order valence-electron chi connectivity index (χ4n) is 5.18. The van der Waals surface area contributed by atoms with Crippen molar-refractivity contribution in [2.75, 3.05) is 5.32 Å². The average molecular weight is 609 g/mol. The Bertz CT molecular complexity index is 1220. The molecule has 0 saturated heterocycles. The van der Waals surface area contributed by atoms with Crippen LogP contribution in [0, 0.1) is 13.8 Å². The minimum absolute atomic E-state index is 0.321. The van der Waals surface area contributed by atoms with Crippen molar-refractivity contribution in [3.05, 3.63) is 75.3 Å². The minimum Gasteiger partial charge on any atom is -0.447 e. The first-order valence-electron chi connectivity index (χ1n) is 15.0. The summed E-state index contributed by atoms with van der Waals surface area (Å²) in [6, 6.07) is 15.9. The van der Waals surface area contributed by atoms with Crippen LogP contribution in [0.15, 0.2) is 53.0 Å². The molecule has 0 radical (unpaired) electrons. The standard InChI is InChI=1S/C35H46BrNO3/c1-6-7-8-9-10-11-12-13-14-15-32(38)40-34(27-18-20-29(36)21-19-27)35(39)37-31-22-26(5)30-23-28(24(2)3)17-16-25(4)33(30)31/h16-24,34H,6-15H2,1-5H3,(H,37,39). The Morgan fingerprint density at radius 2 is 1.40 bits per heavy atom. The first kappa shape index (κ1) is 31.9. The Hall–Kier alpha value is -2.66. The molecule has 0 spiro atoms. The molecule has 0 heterocycles. The van der Waals surface area contributed by atoms with Crippen LogP contribution in [0.5, 0.6) is 0 Å². The zero-order valence-electron chi connectivity index (χ0n) is 24.9. The first-order valence-corrected chi connectivity index (χ1v) is 15.8. The molecule has 1 aromatic rings. The number of benzene rings is 1. The highest BCUT2D eigenvalue weighted by atomic mass is 79.9. The second-order valence-electron chi connectivity index (χ2n) is 11.3. The van der Waals surface area contributed by atoms with Crippen LogP contribution in [0.2, 0.25) is 0 Å². The summed E-state index contributed by atoms with van der Waals surface area (Å²) >= 11 is 3.46. The fourth-order valence-corrected chi connectivity index (χ4v) is 5.44. The smallest absolute Gasteiger partial charge is 0.306 e. The van der Waals surface area contributed by atoms with E-state index in [1.54, 1.807) is 0 Å². The maximum atomic E-state index is 13.7. The van der Waals surface area contributed by atoms with Crippen molar-refractivity contribution in [2.24, 2.45) is 0 Å². The zero-order chi connectivity index (χ0) is 29.1. The molecular formula is C35H46BrNO3. The van der Waals surface area contributed by atoms with E-state index in [9.17, 15) is 9.59 Å². The van der Waals surface area contributed by atoms with Gasteiger partial charge in [-0.1, -0.05) is 118 Å². The molecule has 0 bridgehead atoms. The number of hydrogen-bond donors (Lipinski definition) is 1. The fraction of sp³-hybridized carbons (Fsp3) is 0.486. The molecule has 1 unspecified atom stereocenters. The lowest BCUT2D eigenvalue weighted by atomic mass is 10.0. The number of carbonyl (C=O) groups excluding carboxylic acids is 2. The lowest BCUT2D eigenvalue weighted by Gasteiger charge is -2.19. The van der Waals surface area contributed by atoms with Crippen LogP contribution in [-0.4, -0.2) is 11.9 Å². The zero-order valence-corrected chi connectivity index (χ0v) is 26.5. The third-order valence-electron chi connectivity index (χ3n) is 7.62. The van der Waals surface area contributed by atoms with E-state index in [-0.39, 0.29) is 11.9 Å². The van der Waals surface area contributed by atoms with Crippen LogP contribution >= 0.6 is 15.9 Å². The Morgan fingerprint density at radius 3 is 2.02 bits per heavy atom. The molecule has 1 N–H and O–H groups in total. The highest BCUT2D eigenvalue weighted by molar-refractivity contribution is 9.10. The summed E-state index contributed by atoms with van der Waals surface area (Å²) in [5, 5.41) is 3.10. The number of carbonyl (C=O) groups is 2. The predicted molar refractivity (Wildman–Crippen MR) is 170 cm³/mol. The summed E-state index contributed by atoms with van der Waals surface area (Å²) in [6.07, 6.45) is 9.90. The van der Waals surface area contributed by atoms with Crippen LogP contribution in [0.4, 0.5) is 5.69 Å². The van der Waals surface area contributed by atoms with Gasteiger partial charge in [-0.25, -0.2) is 0 Å². The molecular weight excluding hydrogens is 562 g/mol. The van der Waals surface area contributed by atoms with E-state index in [1.165, 1.54) is 44.1 Å². The number of esters is 1. The van der Waals surface area contributed by atoms with Gasteiger partial charge in [0.25, 0.3) is 5.91 Å². The van der Waals surface area contributed by atoms with Gasteiger partial charge < -0.3 is 10.1 Å². The summed E-state index contributed by atoms with van der Waals surface area (Å²) in [4.78, 5) is 26.5. The van der Waals surface area contributed by atoms with Crippen LogP contribution < -0.4 is 5.32 Å². The van der Waals surface area contributed by atoms with Gasteiger partial charge >= 0.3 is 5.97 Å². The monoisotopic (exact) mass is 607 g/mol. The summed E-state index contributed by atoms with van der Waals surface area (Å²) in [6.45, 7) is 10.7. The van der Waals surface area contributed by atoms with Gasteiger partial charge in [-0.3, -0.25) is 9.59 Å². The van der Waals surface area contributed by atoms with E-state index >= 15 is 0 Å². The highest BCUT2D eigenvalue weighted by Crippen LogP contribution is 2.40. The van der Waals surface area contributed by atoms with E-state index in [1.807, 2.05) is 30.3 Å². The topological polar surface area (TPSA) is 55.4 Å². The van der Waals surface area contributed by atoms with Crippen molar-refractivity contribution in [2.45, 2.75) is 111 Å². The molecule has 4 nitrogen and oxygen atoms in total. The Balaban J connectivity index is 1.69. The first-order chi connectivity index (χ1) is 19.2. The molecule has 1 atom stereocenters. The third-order valence-corrected chi connectivity index (χ3v) is 8.15. The summed E-state index contributed by atoms with van der Waals surface area (Å²) < 4.78 is 6.74. The van der Waals surface area contributed by atoms with E-state index < -0.39 is 6.10 Å². The normalized spacial score (nSPS) is 12.1. The number of halogens is 1. The maximum Gasteiger partial charge on any atom is 0.306 e. The summed E-state index contributed by atoms with van der Waals surface area (Å²) in [5.41, 5.74) is 7.00. The Morgan fingerprint density at radius 1 is 0.800 bits per heavy atom. The number of ether oxygens (including phenoxy) is 1. The number of nitrogens with one attached hydrogen (secondary N) is 1. The lowest BCUT2D eigenvalue weighted by molar-refractivity contribution is -0.154. The van der Waals surface area contributed by atoms with Crippen molar-refractivity contribution < 1.29 is 14.3 Å². The number of anilines is 1. The third kappa shape index (κ3) is 9.19. The molecule has 2 aliphatic carbocycles. The minimum atomic E-state index is -1.02. The van der Waals surface area contributed by atoms with Crippen molar-refractivity contribution >= 4 is 33.5 Å². The molecule has 3 rings (SSSR count). The van der Waals surface area contributed by atoms with Gasteiger partial charge in [0, 0.05) is 27.7 Å². The van der Waals surface area contributed by atoms with E-state index in [0.717, 1.165) is 51.7 Å². The Labute approximate surface area is 249 Å². The predicted octanol–water partition coefficient (Wildman–Crippen LogP) is 10.4. The Kier molecular flexibility index (Phi) is 12.7. The molecule has 2 aliphatic rings. The SMILES string of the molecule is CCCCCCCCCCCC(=O)OC(C(=O)Nc1cc(C)c2cc(C(C)C)ccc(C)c1-2)c1ccc(Br)cc1. The summed E-state index contributed by atoms with van der Waals surface area (Å²) in [7, 11) is 0. The van der Waals surface area contributed by atoms with Crippen LogP contribution in [-0.2, 0) is 14.3 Å². The molecule has 1 aromatic carbocycles. The molecule has 0 saturated carbocycles. The number of unbranched alkanes of at least 4 members (excludes halogenated alkanes) is 8. The molecule has 1 amide bonds. The van der Waals surface area contributed by atoms with Crippen molar-refractivity contribution in [1.29, 1.82) is 0 Å². The average Bonchev–Trinajstić information content (AvgIpc) is 3.10. The van der Waals surface area contributed by atoms with Gasteiger partial charge in [-0.2, -0.15) is 0 Å². The number of amides is 1. The molecule has 0 fully saturated rings. The molecule has 0 aromatic heterocycles. The van der Waals surface area contributed by atoms with Gasteiger partial charge in [0.05, 0.1) is 0 Å². The quantitative estimate of drug-likeness (QED) is 0.138. The second-order valence-corrected chi connectivity index (χ2v) is 12.2. The van der Waals surface area contributed by atoms with Crippen LogP contribution in [0.3, 0.4) is 0 Å². The molecule has 5 heteroatoms. The van der Waals surface area contributed by atoms with Crippen molar-refractivity contribution in [3.63, 3.8) is 0 Å². The maximum absolute atomic E-state index is 13.7. The van der Waals surface area contributed by atoms with Gasteiger partial charge in [0.2, 0.25) is 6.10 Å². The van der Waals surface area contributed by atoms with Crippen LogP contribution in [0.25, 0.3) is 11.1 Å².